The molecule has 1 heterocycles. The van der Waals surface area contributed by atoms with Gasteiger partial charge in [0.15, 0.2) is 0 Å². The maximum Gasteiger partial charge on any atom is 0.264 e. The van der Waals surface area contributed by atoms with Crippen molar-refractivity contribution in [1.82, 2.24) is 10.2 Å². The van der Waals surface area contributed by atoms with Crippen molar-refractivity contribution in [1.29, 1.82) is 0 Å². The number of carbonyl (C=O) groups excluding carboxylic acids is 2. The summed E-state index contributed by atoms with van der Waals surface area (Å²) in [5.74, 6) is -1.04. The number of hydrogen-bond acceptors (Lipinski definition) is 5. The van der Waals surface area contributed by atoms with Crippen LogP contribution in [0.1, 0.15) is 24.0 Å². The van der Waals surface area contributed by atoms with Crippen LogP contribution in [0.5, 0.6) is 0 Å². The van der Waals surface area contributed by atoms with Gasteiger partial charge in [-0.2, -0.15) is 0 Å². The molecule has 37 heavy (non-hydrogen) atoms. The fraction of sp³-hybridized carbons (Fsp3) is 0.259. The highest BCUT2D eigenvalue weighted by atomic mass is 32.2. The van der Waals surface area contributed by atoms with Gasteiger partial charge in [-0.1, -0.05) is 30.3 Å². The average molecular weight is 542 g/mol. The Morgan fingerprint density at radius 2 is 1.78 bits per heavy atom. The van der Waals surface area contributed by atoms with E-state index in [0.29, 0.717) is 19.5 Å². The van der Waals surface area contributed by atoms with Crippen LogP contribution >= 0.6 is 11.8 Å². The van der Waals surface area contributed by atoms with Crippen LogP contribution in [0.2, 0.25) is 0 Å². The van der Waals surface area contributed by atoms with Crippen LogP contribution in [0.15, 0.2) is 82.6 Å². The van der Waals surface area contributed by atoms with Crippen molar-refractivity contribution in [2.45, 2.75) is 35.7 Å². The van der Waals surface area contributed by atoms with Crippen molar-refractivity contribution in [2.75, 3.05) is 23.7 Å². The molecule has 1 aliphatic rings. The second-order valence-corrected chi connectivity index (χ2v) is 11.4. The molecule has 0 saturated carbocycles. The minimum Gasteiger partial charge on any atom is -0.350 e. The fourth-order valence-corrected chi connectivity index (χ4v) is 5.98. The van der Waals surface area contributed by atoms with E-state index in [-0.39, 0.29) is 23.0 Å². The molecular weight excluding hydrogens is 513 g/mol. The first-order valence-corrected chi connectivity index (χ1v) is 14.5. The van der Waals surface area contributed by atoms with Gasteiger partial charge in [-0.3, -0.25) is 13.9 Å². The zero-order chi connectivity index (χ0) is 26.4. The van der Waals surface area contributed by atoms with Crippen molar-refractivity contribution < 1.29 is 22.4 Å². The maximum atomic E-state index is 14.0. The van der Waals surface area contributed by atoms with Crippen LogP contribution in [0.3, 0.4) is 0 Å². The Balaban J connectivity index is 1.52. The highest BCUT2D eigenvalue weighted by molar-refractivity contribution is 7.98. The van der Waals surface area contributed by atoms with Gasteiger partial charge in [0.05, 0.1) is 10.6 Å². The molecular formula is C27H28FN3O4S2. The maximum absolute atomic E-state index is 14.0. The van der Waals surface area contributed by atoms with Crippen LogP contribution in [0, 0.1) is 5.82 Å². The molecule has 1 fully saturated rings. The number of thioether (sulfide) groups is 1. The molecule has 0 aliphatic carbocycles. The third-order valence-electron chi connectivity index (χ3n) is 6.16. The van der Waals surface area contributed by atoms with E-state index < -0.39 is 28.3 Å². The first-order valence-electron chi connectivity index (χ1n) is 11.8. The molecule has 0 spiro atoms. The molecule has 1 aliphatic heterocycles. The van der Waals surface area contributed by atoms with Crippen molar-refractivity contribution in [3.63, 3.8) is 0 Å². The molecule has 0 unspecified atom stereocenters. The monoisotopic (exact) mass is 541 g/mol. The number of nitrogens with zero attached hydrogens (tertiary/aromatic N) is 2. The quantitative estimate of drug-likeness (QED) is 0.389. The largest absolute Gasteiger partial charge is 0.350 e. The molecule has 0 bridgehead atoms. The molecule has 2 amide bonds. The Hall–Kier alpha value is -3.37. The van der Waals surface area contributed by atoms with E-state index in [1.807, 2.05) is 30.5 Å². The molecule has 10 heteroatoms. The van der Waals surface area contributed by atoms with Gasteiger partial charge >= 0.3 is 0 Å². The zero-order valence-corrected chi connectivity index (χ0v) is 22.0. The number of sulfonamides is 1. The summed E-state index contributed by atoms with van der Waals surface area (Å²) in [6, 6.07) is 19.0. The number of nitrogens with one attached hydrogen (secondary N) is 1. The van der Waals surface area contributed by atoms with Gasteiger partial charge in [0.2, 0.25) is 11.8 Å². The number of rotatable bonds is 10. The molecule has 3 aromatic rings. The Morgan fingerprint density at radius 1 is 1.05 bits per heavy atom. The summed E-state index contributed by atoms with van der Waals surface area (Å²) in [7, 11) is -4.15. The van der Waals surface area contributed by atoms with Crippen LogP contribution < -0.4 is 9.62 Å². The Morgan fingerprint density at radius 3 is 2.43 bits per heavy atom. The second kappa shape index (κ2) is 11.8. The minimum atomic E-state index is -4.15. The first-order chi connectivity index (χ1) is 17.8. The Labute approximate surface area is 220 Å². The first kappa shape index (κ1) is 26.7. The van der Waals surface area contributed by atoms with Gasteiger partial charge < -0.3 is 10.2 Å². The number of amides is 2. The smallest absolute Gasteiger partial charge is 0.264 e. The summed E-state index contributed by atoms with van der Waals surface area (Å²) < 4.78 is 41.9. The summed E-state index contributed by atoms with van der Waals surface area (Å²) in [5, 5.41) is 2.79. The fourth-order valence-electron chi connectivity index (χ4n) is 4.16. The molecule has 0 atom stereocenters. The SMILES string of the molecule is CSc1ccc(S(=O)(=O)N(CC(=O)NCc2ccccc2CN2CCCC2=O)c2cccc(F)c2)cc1. The Kier molecular flexibility index (Phi) is 8.50. The van der Waals surface area contributed by atoms with Crippen LogP contribution in [0.25, 0.3) is 0 Å². The number of hydrogen-bond donors (Lipinski definition) is 1. The van der Waals surface area contributed by atoms with E-state index in [9.17, 15) is 22.4 Å². The number of likely N-dealkylation sites (tertiary alicyclic amines) is 1. The standard InChI is InChI=1S/C27H28FN3O4S2/c1-36-24-11-13-25(14-12-24)37(34,35)31(23-9-4-8-22(28)16-23)19-26(32)29-17-20-6-2-3-7-21(20)18-30-15-5-10-27(30)33/h2-4,6-9,11-14,16H,5,10,15,17-19H2,1H3,(H,29,32). The van der Waals surface area contributed by atoms with E-state index in [4.69, 9.17) is 0 Å². The highest BCUT2D eigenvalue weighted by Crippen LogP contribution is 2.26. The van der Waals surface area contributed by atoms with Crippen molar-refractivity contribution in [3.05, 3.63) is 89.7 Å². The number of carbonyl (C=O) groups is 2. The molecule has 0 radical (unpaired) electrons. The molecule has 4 rings (SSSR count). The third-order valence-corrected chi connectivity index (χ3v) is 8.69. The van der Waals surface area contributed by atoms with E-state index >= 15 is 0 Å². The predicted octanol–water partition coefficient (Wildman–Crippen LogP) is 4.18. The third kappa shape index (κ3) is 6.50. The number of anilines is 1. The summed E-state index contributed by atoms with van der Waals surface area (Å²) >= 11 is 1.48. The van der Waals surface area contributed by atoms with Crippen LogP contribution in [-0.4, -0.2) is 44.5 Å². The molecule has 3 aromatic carbocycles. The lowest BCUT2D eigenvalue weighted by molar-refractivity contribution is -0.128. The summed E-state index contributed by atoms with van der Waals surface area (Å²) in [4.78, 5) is 27.7. The molecule has 194 valence electrons. The highest BCUT2D eigenvalue weighted by Gasteiger charge is 2.28. The minimum absolute atomic E-state index is 0.00277. The van der Waals surface area contributed by atoms with Gasteiger partial charge in [-0.25, -0.2) is 12.8 Å². The van der Waals surface area contributed by atoms with Gasteiger partial charge in [-0.15, -0.1) is 11.8 Å². The molecule has 1 saturated heterocycles. The van der Waals surface area contributed by atoms with E-state index in [2.05, 4.69) is 5.32 Å². The lowest BCUT2D eigenvalue weighted by atomic mass is 10.1. The second-order valence-electron chi connectivity index (χ2n) is 8.63. The number of halogens is 1. The van der Waals surface area contributed by atoms with Crippen molar-refractivity contribution in [2.24, 2.45) is 0 Å². The normalized spacial score (nSPS) is 13.6. The van der Waals surface area contributed by atoms with E-state index in [1.165, 1.54) is 42.1 Å². The summed E-state index contributed by atoms with van der Waals surface area (Å²) in [6.07, 6.45) is 3.26. The lowest BCUT2D eigenvalue weighted by Gasteiger charge is -2.24. The van der Waals surface area contributed by atoms with Crippen molar-refractivity contribution >= 4 is 39.3 Å². The van der Waals surface area contributed by atoms with Gasteiger partial charge in [-0.05, 0) is 66.3 Å². The number of benzene rings is 3. The van der Waals surface area contributed by atoms with Crippen molar-refractivity contribution in [3.8, 4) is 0 Å². The zero-order valence-electron chi connectivity index (χ0n) is 20.4. The predicted molar refractivity (Wildman–Crippen MR) is 142 cm³/mol. The average Bonchev–Trinajstić information content (AvgIpc) is 3.30. The molecule has 0 aromatic heterocycles. The topological polar surface area (TPSA) is 86.8 Å². The summed E-state index contributed by atoms with van der Waals surface area (Å²) in [5.41, 5.74) is 1.81. The van der Waals surface area contributed by atoms with E-state index in [1.54, 1.807) is 17.0 Å². The molecule has 1 N–H and O–H groups in total. The lowest BCUT2D eigenvalue weighted by Crippen LogP contribution is -2.40. The summed E-state index contributed by atoms with van der Waals surface area (Å²) in [6.45, 7) is 0.804. The van der Waals surface area contributed by atoms with Crippen LogP contribution in [-0.2, 0) is 32.7 Å². The van der Waals surface area contributed by atoms with Gasteiger partial charge in [0.1, 0.15) is 12.4 Å². The van der Waals surface area contributed by atoms with E-state index in [0.717, 1.165) is 32.8 Å². The van der Waals surface area contributed by atoms with Crippen LogP contribution in [0.4, 0.5) is 10.1 Å². The molecule has 7 nitrogen and oxygen atoms in total. The van der Waals surface area contributed by atoms with Gasteiger partial charge in [0, 0.05) is 31.0 Å². The van der Waals surface area contributed by atoms with Gasteiger partial charge in [0.25, 0.3) is 10.0 Å². The Bertz CT molecular complexity index is 1380.